The van der Waals surface area contributed by atoms with Crippen LogP contribution >= 0.6 is 0 Å². The second kappa shape index (κ2) is 5.89. The van der Waals surface area contributed by atoms with E-state index in [4.69, 9.17) is 4.74 Å². The normalized spacial score (nSPS) is 15.3. The first-order valence-corrected chi connectivity index (χ1v) is 6.14. The van der Waals surface area contributed by atoms with E-state index < -0.39 is 0 Å². The van der Waals surface area contributed by atoms with Gasteiger partial charge in [-0.25, -0.2) is 4.98 Å². The first kappa shape index (κ1) is 11.5. The third-order valence-electron chi connectivity index (χ3n) is 3.00. The molecule has 1 N–H and O–H groups in total. The Morgan fingerprint density at radius 2 is 2.44 bits per heavy atom. The van der Waals surface area contributed by atoms with E-state index in [1.54, 1.807) is 7.11 Å². The van der Waals surface area contributed by atoms with Crippen LogP contribution in [0.15, 0.2) is 12.4 Å². The van der Waals surface area contributed by atoms with E-state index in [0.717, 1.165) is 38.0 Å². The highest BCUT2D eigenvalue weighted by Gasteiger charge is 2.20. The molecule has 0 bridgehead atoms. The lowest BCUT2D eigenvalue weighted by molar-refractivity contribution is 0.190. The van der Waals surface area contributed by atoms with Crippen molar-refractivity contribution in [3.05, 3.63) is 12.4 Å². The van der Waals surface area contributed by atoms with Gasteiger partial charge in [0.05, 0.1) is 0 Å². The largest absolute Gasteiger partial charge is 0.385 e. The Morgan fingerprint density at radius 3 is 3.19 bits per heavy atom. The minimum atomic E-state index is 0.805. The van der Waals surface area contributed by atoms with Crippen molar-refractivity contribution >= 4 is 5.95 Å². The summed E-state index contributed by atoms with van der Waals surface area (Å²) in [5.74, 6) is 1.97. The van der Waals surface area contributed by atoms with Crippen molar-refractivity contribution in [2.45, 2.75) is 32.2 Å². The van der Waals surface area contributed by atoms with Gasteiger partial charge in [-0.3, -0.25) is 0 Å². The van der Waals surface area contributed by atoms with Crippen LogP contribution in [0.4, 0.5) is 5.95 Å². The molecule has 1 saturated carbocycles. The van der Waals surface area contributed by atoms with Gasteiger partial charge in [0.2, 0.25) is 5.95 Å². The van der Waals surface area contributed by atoms with E-state index in [-0.39, 0.29) is 0 Å². The molecule has 0 amide bonds. The molecule has 1 heterocycles. The van der Waals surface area contributed by atoms with Gasteiger partial charge in [-0.15, -0.1) is 0 Å². The number of aryl methyl sites for hydroxylation is 1. The molecule has 0 unspecified atom stereocenters. The fourth-order valence-corrected chi connectivity index (χ4v) is 1.83. The van der Waals surface area contributed by atoms with E-state index in [2.05, 4.69) is 14.9 Å². The van der Waals surface area contributed by atoms with E-state index in [0.29, 0.717) is 0 Å². The maximum Gasteiger partial charge on any atom is 0.202 e. The Balaban J connectivity index is 1.71. The van der Waals surface area contributed by atoms with Crippen molar-refractivity contribution in [2.75, 3.05) is 25.6 Å². The summed E-state index contributed by atoms with van der Waals surface area (Å²) in [6, 6.07) is 0. The second-order valence-electron chi connectivity index (χ2n) is 4.45. The lowest BCUT2D eigenvalue weighted by atomic mass is 10.3. The molecule has 0 aromatic carbocycles. The van der Waals surface area contributed by atoms with E-state index in [1.807, 2.05) is 12.4 Å². The van der Waals surface area contributed by atoms with Crippen molar-refractivity contribution in [2.24, 2.45) is 5.92 Å². The van der Waals surface area contributed by atoms with Crippen LogP contribution < -0.4 is 5.32 Å². The number of aromatic nitrogens is 2. The van der Waals surface area contributed by atoms with Gasteiger partial charge in [-0.2, -0.15) is 0 Å². The molecule has 1 aromatic heterocycles. The molecule has 16 heavy (non-hydrogen) atoms. The monoisotopic (exact) mass is 223 g/mol. The molecule has 0 atom stereocenters. The predicted octanol–water partition coefficient (Wildman–Crippen LogP) is 2.13. The molecule has 90 valence electrons. The quantitative estimate of drug-likeness (QED) is 0.686. The summed E-state index contributed by atoms with van der Waals surface area (Å²) < 4.78 is 7.21. The van der Waals surface area contributed by atoms with Crippen molar-refractivity contribution in [3.63, 3.8) is 0 Å². The molecule has 0 saturated heterocycles. The molecule has 4 nitrogen and oxygen atoms in total. The molecule has 4 heteroatoms. The number of nitrogens with zero attached hydrogens (tertiary/aromatic N) is 2. The van der Waals surface area contributed by atoms with Gasteiger partial charge in [-0.05, 0) is 18.8 Å². The number of methoxy groups -OCH3 is 1. The van der Waals surface area contributed by atoms with Crippen molar-refractivity contribution < 1.29 is 4.74 Å². The number of rotatable bonds is 8. The molecular formula is C12H21N3O. The predicted molar refractivity (Wildman–Crippen MR) is 64.6 cm³/mol. The Morgan fingerprint density at radius 1 is 1.56 bits per heavy atom. The van der Waals surface area contributed by atoms with E-state index >= 15 is 0 Å². The van der Waals surface area contributed by atoms with Gasteiger partial charge >= 0.3 is 0 Å². The van der Waals surface area contributed by atoms with E-state index in [1.165, 1.54) is 19.3 Å². The summed E-state index contributed by atoms with van der Waals surface area (Å²) in [6.45, 7) is 2.82. The molecule has 0 aliphatic heterocycles. The summed E-state index contributed by atoms with van der Waals surface area (Å²) >= 11 is 0. The highest BCUT2D eigenvalue weighted by atomic mass is 16.5. The van der Waals surface area contributed by atoms with Crippen molar-refractivity contribution in [3.8, 4) is 0 Å². The number of imidazole rings is 1. The summed E-state index contributed by atoms with van der Waals surface area (Å²) in [5, 5.41) is 3.40. The summed E-state index contributed by atoms with van der Waals surface area (Å²) in [4.78, 5) is 4.32. The zero-order chi connectivity index (χ0) is 11.2. The third-order valence-corrected chi connectivity index (χ3v) is 3.00. The molecule has 2 rings (SSSR count). The molecule has 1 fully saturated rings. The highest BCUT2D eigenvalue weighted by Crippen LogP contribution is 2.31. The minimum absolute atomic E-state index is 0.805. The van der Waals surface area contributed by atoms with Crippen LogP contribution in [-0.2, 0) is 11.3 Å². The average molecular weight is 223 g/mol. The number of hydrogen-bond acceptors (Lipinski definition) is 3. The Bertz CT molecular complexity index is 307. The summed E-state index contributed by atoms with van der Waals surface area (Å²) in [7, 11) is 1.74. The Hall–Kier alpha value is -1.03. The number of ether oxygens (including phenoxy) is 1. The average Bonchev–Trinajstić information content (AvgIpc) is 3.00. The molecular weight excluding hydrogens is 202 g/mol. The lowest BCUT2D eigenvalue weighted by Gasteiger charge is -2.09. The molecule has 1 aliphatic rings. The van der Waals surface area contributed by atoms with Crippen LogP contribution in [0, 0.1) is 5.92 Å². The zero-order valence-corrected chi connectivity index (χ0v) is 9.98. The maximum absolute atomic E-state index is 5.05. The van der Waals surface area contributed by atoms with Crippen molar-refractivity contribution in [1.29, 1.82) is 0 Å². The van der Waals surface area contributed by atoms with Crippen LogP contribution in [0.1, 0.15) is 25.7 Å². The van der Waals surface area contributed by atoms with Crippen LogP contribution in [0.3, 0.4) is 0 Å². The Labute approximate surface area is 97.0 Å². The van der Waals surface area contributed by atoms with Gasteiger partial charge in [0.15, 0.2) is 0 Å². The topological polar surface area (TPSA) is 39.1 Å². The molecule has 0 radical (unpaired) electrons. The maximum atomic E-state index is 5.05. The first-order valence-electron chi connectivity index (χ1n) is 6.14. The Kier molecular flexibility index (Phi) is 4.22. The molecule has 1 aromatic rings. The van der Waals surface area contributed by atoms with Crippen LogP contribution in [0.25, 0.3) is 0 Å². The number of anilines is 1. The minimum Gasteiger partial charge on any atom is -0.385 e. The highest BCUT2D eigenvalue weighted by molar-refractivity contribution is 5.25. The van der Waals surface area contributed by atoms with Crippen LogP contribution in [-0.4, -0.2) is 29.8 Å². The first-order chi connectivity index (χ1) is 7.90. The van der Waals surface area contributed by atoms with E-state index in [9.17, 15) is 0 Å². The van der Waals surface area contributed by atoms with Gasteiger partial charge in [-0.1, -0.05) is 12.8 Å². The second-order valence-corrected chi connectivity index (χ2v) is 4.45. The summed E-state index contributed by atoms with van der Waals surface area (Å²) in [6.07, 6.45) is 9.03. The number of hydrogen-bond donors (Lipinski definition) is 1. The SMILES string of the molecule is COCCCn1ccnc1NCCC1CC1. The lowest BCUT2D eigenvalue weighted by Crippen LogP contribution is -2.10. The van der Waals surface area contributed by atoms with Gasteiger partial charge in [0, 0.05) is 39.2 Å². The van der Waals surface area contributed by atoms with Crippen LogP contribution in [0.2, 0.25) is 0 Å². The fraction of sp³-hybridized carbons (Fsp3) is 0.750. The summed E-state index contributed by atoms with van der Waals surface area (Å²) in [5.41, 5.74) is 0. The zero-order valence-electron chi connectivity index (χ0n) is 9.98. The molecule has 0 spiro atoms. The number of nitrogens with one attached hydrogen (secondary N) is 1. The van der Waals surface area contributed by atoms with Gasteiger partial charge in [0.25, 0.3) is 0 Å². The van der Waals surface area contributed by atoms with Gasteiger partial charge in [0.1, 0.15) is 0 Å². The molecule has 1 aliphatic carbocycles. The van der Waals surface area contributed by atoms with Crippen LogP contribution in [0.5, 0.6) is 0 Å². The fourth-order valence-electron chi connectivity index (χ4n) is 1.83. The standard InChI is InChI=1S/C12H21N3O/c1-16-10-2-8-15-9-7-14-12(15)13-6-5-11-3-4-11/h7,9,11H,2-6,8,10H2,1H3,(H,13,14). The third kappa shape index (κ3) is 3.52. The van der Waals surface area contributed by atoms with Crippen molar-refractivity contribution in [1.82, 2.24) is 9.55 Å². The smallest absolute Gasteiger partial charge is 0.202 e. The van der Waals surface area contributed by atoms with Gasteiger partial charge < -0.3 is 14.6 Å².